The molecule has 2 aromatic rings. The molecule has 1 aromatic heterocycles. The van der Waals surface area contributed by atoms with Crippen LogP contribution in [-0.2, 0) is 0 Å². The van der Waals surface area contributed by atoms with Crippen molar-refractivity contribution in [3.05, 3.63) is 36.0 Å². The second-order valence-corrected chi connectivity index (χ2v) is 3.51. The van der Waals surface area contributed by atoms with Gasteiger partial charge in [0.05, 0.1) is 0 Å². The van der Waals surface area contributed by atoms with Gasteiger partial charge in [-0.05, 0) is 29.8 Å². The fraction of sp³-hybridized carbons (Fsp3) is 0.0909. The van der Waals surface area contributed by atoms with Gasteiger partial charge in [0.25, 0.3) is 5.24 Å². The zero-order chi connectivity index (χ0) is 12.4. The highest BCUT2D eigenvalue weighted by Crippen LogP contribution is 2.28. The summed E-state index contributed by atoms with van der Waals surface area (Å²) in [7, 11) is 0. The van der Waals surface area contributed by atoms with E-state index in [9.17, 15) is 13.6 Å². The minimum absolute atomic E-state index is 0. The first kappa shape index (κ1) is 14.6. The van der Waals surface area contributed by atoms with E-state index in [-0.39, 0.29) is 29.2 Å². The maximum Gasteiger partial charge on any atom is 0.387 e. The number of hydrogen-bond donors (Lipinski definition) is 0. The highest BCUT2D eigenvalue weighted by atomic mass is 35.5. The van der Waals surface area contributed by atoms with Crippen LogP contribution in [0.3, 0.4) is 0 Å². The van der Waals surface area contributed by atoms with Crippen molar-refractivity contribution in [3.8, 4) is 5.75 Å². The number of alkyl halides is 2. The molecule has 0 amide bonds. The minimum atomic E-state index is -2.95. The standard InChI is InChI=1S/C11H6ClF2NO2.ClH/c12-10(16)7-3-4-8(17-11(13)14)9-6(7)2-1-5-15-9;/h1-5,11H;1H. The van der Waals surface area contributed by atoms with Crippen molar-refractivity contribution in [3.63, 3.8) is 0 Å². The van der Waals surface area contributed by atoms with Crippen LogP contribution >= 0.6 is 24.0 Å². The van der Waals surface area contributed by atoms with E-state index in [0.29, 0.717) is 5.39 Å². The van der Waals surface area contributed by atoms with Gasteiger partial charge in [-0.25, -0.2) is 0 Å². The summed E-state index contributed by atoms with van der Waals surface area (Å²) in [6.07, 6.45) is 1.42. The molecule has 2 rings (SSSR count). The van der Waals surface area contributed by atoms with Crippen LogP contribution in [-0.4, -0.2) is 16.8 Å². The third-order valence-corrected chi connectivity index (χ3v) is 2.36. The van der Waals surface area contributed by atoms with E-state index >= 15 is 0 Å². The van der Waals surface area contributed by atoms with Gasteiger partial charge in [0, 0.05) is 17.1 Å². The van der Waals surface area contributed by atoms with Crippen molar-refractivity contribution in [2.45, 2.75) is 6.61 Å². The number of benzene rings is 1. The molecule has 0 atom stereocenters. The molecule has 0 saturated carbocycles. The van der Waals surface area contributed by atoms with E-state index in [2.05, 4.69) is 9.72 Å². The summed E-state index contributed by atoms with van der Waals surface area (Å²) in [6, 6.07) is 5.72. The van der Waals surface area contributed by atoms with E-state index in [1.165, 1.54) is 18.3 Å². The maximum atomic E-state index is 12.2. The van der Waals surface area contributed by atoms with Crippen LogP contribution < -0.4 is 4.74 Å². The van der Waals surface area contributed by atoms with Gasteiger partial charge in [0.1, 0.15) is 5.52 Å². The summed E-state index contributed by atoms with van der Waals surface area (Å²) >= 11 is 5.38. The monoisotopic (exact) mass is 293 g/mol. The van der Waals surface area contributed by atoms with Gasteiger partial charge in [-0.2, -0.15) is 8.78 Å². The summed E-state index contributed by atoms with van der Waals surface area (Å²) in [6.45, 7) is -2.95. The smallest absolute Gasteiger partial charge is 0.387 e. The number of aromatic nitrogens is 1. The van der Waals surface area contributed by atoms with Crippen LogP contribution in [0, 0.1) is 0 Å². The highest BCUT2D eigenvalue weighted by molar-refractivity contribution is 6.68. The molecular formula is C11H7Cl2F2NO2. The van der Waals surface area contributed by atoms with E-state index in [1.54, 1.807) is 12.1 Å². The zero-order valence-electron chi connectivity index (χ0n) is 8.77. The van der Waals surface area contributed by atoms with Gasteiger partial charge in [-0.15, -0.1) is 12.4 Å². The van der Waals surface area contributed by atoms with Crippen LogP contribution in [0.5, 0.6) is 5.75 Å². The molecule has 0 saturated heterocycles. The summed E-state index contributed by atoms with van der Waals surface area (Å²) < 4.78 is 28.6. The molecule has 1 aromatic carbocycles. The Bertz CT molecular complexity index is 578. The van der Waals surface area contributed by atoms with Crippen molar-refractivity contribution >= 4 is 40.2 Å². The van der Waals surface area contributed by atoms with Gasteiger partial charge < -0.3 is 4.74 Å². The second-order valence-electron chi connectivity index (χ2n) is 3.16. The average Bonchev–Trinajstić information content (AvgIpc) is 2.28. The molecule has 96 valence electrons. The molecule has 0 fully saturated rings. The van der Waals surface area contributed by atoms with Gasteiger partial charge in [0.15, 0.2) is 5.75 Å². The zero-order valence-corrected chi connectivity index (χ0v) is 10.3. The molecule has 0 unspecified atom stereocenters. The lowest BCUT2D eigenvalue weighted by Crippen LogP contribution is -2.04. The van der Waals surface area contributed by atoms with Gasteiger partial charge in [-0.3, -0.25) is 9.78 Å². The number of halogens is 4. The number of carbonyl (C=O) groups excluding carboxylic acids is 1. The van der Waals surface area contributed by atoms with Crippen LogP contribution in [0.1, 0.15) is 10.4 Å². The first-order valence-electron chi connectivity index (χ1n) is 4.62. The van der Waals surface area contributed by atoms with E-state index in [0.717, 1.165) is 0 Å². The predicted molar refractivity (Wildman–Crippen MR) is 65.8 cm³/mol. The Kier molecular flexibility index (Phi) is 4.81. The molecule has 0 aliphatic carbocycles. The highest BCUT2D eigenvalue weighted by Gasteiger charge is 2.14. The Hall–Kier alpha value is -1.46. The van der Waals surface area contributed by atoms with Crippen molar-refractivity contribution in [1.82, 2.24) is 4.98 Å². The Balaban J connectivity index is 0.00000162. The molecule has 1 heterocycles. The summed E-state index contributed by atoms with van der Waals surface area (Å²) in [5, 5.41) is -0.294. The van der Waals surface area contributed by atoms with Crippen molar-refractivity contribution < 1.29 is 18.3 Å². The third kappa shape index (κ3) is 2.86. The van der Waals surface area contributed by atoms with Gasteiger partial charge in [0.2, 0.25) is 0 Å². The van der Waals surface area contributed by atoms with E-state index < -0.39 is 11.9 Å². The largest absolute Gasteiger partial charge is 0.432 e. The molecule has 7 heteroatoms. The number of ether oxygens (including phenoxy) is 1. The van der Waals surface area contributed by atoms with Crippen LogP contribution in [0.25, 0.3) is 10.9 Å². The Morgan fingerprint density at radius 2 is 2.06 bits per heavy atom. The van der Waals surface area contributed by atoms with Crippen LogP contribution in [0.15, 0.2) is 30.5 Å². The first-order chi connectivity index (χ1) is 8.09. The number of carbonyl (C=O) groups is 1. The predicted octanol–water partition coefficient (Wildman–Crippen LogP) is 3.64. The average molecular weight is 294 g/mol. The fourth-order valence-corrected chi connectivity index (χ4v) is 1.67. The Morgan fingerprint density at radius 3 is 2.67 bits per heavy atom. The molecule has 0 aliphatic rings. The lowest BCUT2D eigenvalue weighted by molar-refractivity contribution is -0.0489. The van der Waals surface area contributed by atoms with Crippen molar-refractivity contribution in [2.75, 3.05) is 0 Å². The topological polar surface area (TPSA) is 39.2 Å². The second kappa shape index (κ2) is 5.93. The summed E-state index contributed by atoms with van der Waals surface area (Å²) in [4.78, 5) is 15.0. The molecule has 0 spiro atoms. The number of hydrogen-bond acceptors (Lipinski definition) is 3. The molecular weight excluding hydrogens is 287 g/mol. The fourth-order valence-electron chi connectivity index (χ4n) is 1.51. The van der Waals surface area contributed by atoms with Crippen molar-refractivity contribution in [2.24, 2.45) is 0 Å². The quantitative estimate of drug-likeness (QED) is 0.811. The van der Waals surface area contributed by atoms with Crippen LogP contribution in [0.2, 0.25) is 0 Å². The van der Waals surface area contributed by atoms with Gasteiger partial charge in [-0.1, -0.05) is 6.07 Å². The molecule has 0 bridgehead atoms. The molecule has 0 aliphatic heterocycles. The number of nitrogens with zero attached hydrogens (tertiary/aromatic N) is 1. The number of rotatable bonds is 3. The first-order valence-corrected chi connectivity index (χ1v) is 5.00. The normalized spacial score (nSPS) is 10.2. The summed E-state index contributed by atoms with van der Waals surface area (Å²) in [5.74, 6) is -0.0859. The molecule has 3 nitrogen and oxygen atoms in total. The van der Waals surface area contributed by atoms with Crippen LogP contribution in [0.4, 0.5) is 8.78 Å². The van der Waals surface area contributed by atoms with Crippen molar-refractivity contribution in [1.29, 1.82) is 0 Å². The SMILES string of the molecule is Cl.O=C(Cl)c1ccc(OC(F)F)c2ncccc12. The molecule has 18 heavy (non-hydrogen) atoms. The van der Waals surface area contributed by atoms with E-state index in [4.69, 9.17) is 11.6 Å². The number of fused-ring (bicyclic) bond motifs is 1. The van der Waals surface area contributed by atoms with Gasteiger partial charge >= 0.3 is 6.61 Å². The Labute approximate surface area is 112 Å². The lowest BCUT2D eigenvalue weighted by atomic mass is 10.1. The van der Waals surface area contributed by atoms with E-state index in [1.807, 2.05) is 0 Å². The lowest BCUT2D eigenvalue weighted by Gasteiger charge is -2.08. The maximum absolute atomic E-state index is 12.2. The third-order valence-electron chi connectivity index (χ3n) is 2.16. The molecule has 0 radical (unpaired) electrons. The number of pyridine rings is 1. The Morgan fingerprint density at radius 1 is 1.33 bits per heavy atom. The minimum Gasteiger partial charge on any atom is -0.432 e. The molecule has 0 N–H and O–H groups in total. The summed E-state index contributed by atoms with van der Waals surface area (Å²) in [5.41, 5.74) is 0.385.